The van der Waals surface area contributed by atoms with E-state index in [1.807, 2.05) is 13.8 Å². The first-order chi connectivity index (χ1) is 11.4. The number of carbonyl (C=O) groups is 1. The van der Waals surface area contributed by atoms with Gasteiger partial charge in [-0.05, 0) is 19.8 Å². The van der Waals surface area contributed by atoms with Crippen molar-refractivity contribution in [1.82, 2.24) is 19.7 Å². The van der Waals surface area contributed by atoms with Gasteiger partial charge in [0.25, 0.3) is 0 Å². The average Bonchev–Trinajstić information content (AvgIpc) is 3.06. The molecule has 0 spiro atoms. The van der Waals surface area contributed by atoms with Crippen LogP contribution in [0.15, 0.2) is 9.95 Å². The number of thioether (sulfide) groups is 1. The Kier molecular flexibility index (Phi) is 6.50. The number of unbranched alkanes of at least 4 members (excludes halogenated alkanes) is 1. The third-order valence-electron chi connectivity index (χ3n) is 4.09. The minimum atomic E-state index is -3.03. The fourth-order valence-electron chi connectivity index (χ4n) is 2.80. The van der Waals surface area contributed by atoms with Crippen LogP contribution in [0.1, 0.15) is 33.1 Å². The summed E-state index contributed by atoms with van der Waals surface area (Å²) in [7, 11) is -3.03. The molecule has 0 radical (unpaired) electrons. The zero-order valence-electron chi connectivity index (χ0n) is 14.0. The van der Waals surface area contributed by atoms with Crippen molar-refractivity contribution in [3.05, 3.63) is 10.5 Å². The number of nitrogens with one attached hydrogen (secondary N) is 1. The molecule has 1 aliphatic rings. The summed E-state index contributed by atoms with van der Waals surface area (Å²) in [6, 6.07) is -0.241. The van der Waals surface area contributed by atoms with Crippen molar-refractivity contribution in [3.8, 4) is 0 Å². The molecule has 1 aliphatic heterocycles. The van der Waals surface area contributed by atoms with Crippen molar-refractivity contribution >= 4 is 27.5 Å². The molecule has 1 aromatic rings. The van der Waals surface area contributed by atoms with E-state index < -0.39 is 9.84 Å². The number of rotatable bonds is 8. The summed E-state index contributed by atoms with van der Waals surface area (Å²) in [5.74, 6) is 0.203. The summed E-state index contributed by atoms with van der Waals surface area (Å²) < 4.78 is 24.8. The van der Waals surface area contributed by atoms with Gasteiger partial charge in [-0.15, -0.1) is 5.10 Å². The summed E-state index contributed by atoms with van der Waals surface area (Å²) >= 11 is 1.21. The molecule has 2 heterocycles. The number of hydrogen-bond acceptors (Lipinski definition) is 6. The third kappa shape index (κ3) is 4.62. The first-order valence-electron chi connectivity index (χ1n) is 8.15. The number of amides is 1. The molecule has 8 nitrogen and oxygen atoms in total. The van der Waals surface area contributed by atoms with Crippen LogP contribution in [0.5, 0.6) is 0 Å². The molecule has 1 atom stereocenters. The Morgan fingerprint density at radius 2 is 2.21 bits per heavy atom. The van der Waals surface area contributed by atoms with Gasteiger partial charge in [0.15, 0.2) is 15.0 Å². The lowest BCUT2D eigenvalue weighted by atomic mass is 10.2. The Morgan fingerprint density at radius 1 is 1.46 bits per heavy atom. The van der Waals surface area contributed by atoms with Crippen LogP contribution in [0.25, 0.3) is 0 Å². The van der Waals surface area contributed by atoms with Crippen LogP contribution in [0.3, 0.4) is 0 Å². The predicted octanol–water partition coefficient (Wildman–Crippen LogP) is 0.499. The Morgan fingerprint density at radius 3 is 2.79 bits per heavy atom. The van der Waals surface area contributed by atoms with Crippen LogP contribution in [-0.2, 0) is 21.2 Å². The molecule has 1 N–H and O–H groups in total. The molecule has 24 heavy (non-hydrogen) atoms. The normalized spacial score (nSPS) is 19.5. The first-order valence-corrected chi connectivity index (χ1v) is 11.0. The third-order valence-corrected chi connectivity index (χ3v) is 6.80. The minimum absolute atomic E-state index is 0.0425. The smallest absolute Gasteiger partial charge is 0.338 e. The summed E-state index contributed by atoms with van der Waals surface area (Å²) in [6.07, 6.45) is 2.32. The standard InChI is InChI=1S/C14H24N4O4S2/c1-3-5-7-18-13(20)15-16-14(18)23-9-12(19)17(4-2)11-6-8-24(21,22)10-11/h11H,3-10H2,1-2H3,(H,15,20)/t11-/m0/s1. The van der Waals surface area contributed by atoms with E-state index in [2.05, 4.69) is 10.2 Å². The monoisotopic (exact) mass is 376 g/mol. The second-order valence-electron chi connectivity index (χ2n) is 5.84. The van der Waals surface area contributed by atoms with Gasteiger partial charge in [-0.25, -0.2) is 18.3 Å². The van der Waals surface area contributed by atoms with E-state index in [0.717, 1.165) is 12.8 Å². The van der Waals surface area contributed by atoms with Gasteiger partial charge in [0.1, 0.15) is 0 Å². The number of sulfone groups is 1. The van der Waals surface area contributed by atoms with Crippen LogP contribution < -0.4 is 5.69 Å². The molecule has 136 valence electrons. The van der Waals surface area contributed by atoms with E-state index in [0.29, 0.717) is 24.7 Å². The first kappa shape index (κ1) is 19.0. The summed E-state index contributed by atoms with van der Waals surface area (Å²) in [4.78, 5) is 25.8. The van der Waals surface area contributed by atoms with Gasteiger partial charge in [-0.3, -0.25) is 9.36 Å². The Balaban J connectivity index is 1.98. The summed E-state index contributed by atoms with van der Waals surface area (Å²) in [6.45, 7) is 4.93. The fraction of sp³-hybridized carbons (Fsp3) is 0.786. The topological polar surface area (TPSA) is 105 Å². The van der Waals surface area contributed by atoms with E-state index in [1.54, 1.807) is 4.90 Å². The van der Waals surface area contributed by atoms with Crippen LogP contribution >= 0.6 is 11.8 Å². The number of nitrogens with zero attached hydrogens (tertiary/aromatic N) is 3. The van der Waals surface area contributed by atoms with Crippen molar-refractivity contribution in [1.29, 1.82) is 0 Å². The molecule has 0 unspecified atom stereocenters. The van der Waals surface area contributed by atoms with E-state index >= 15 is 0 Å². The van der Waals surface area contributed by atoms with Crippen molar-refractivity contribution in [2.24, 2.45) is 0 Å². The molecule has 1 fully saturated rings. The lowest BCUT2D eigenvalue weighted by Crippen LogP contribution is -2.42. The number of aromatic amines is 1. The Labute approximate surface area is 145 Å². The summed E-state index contributed by atoms with van der Waals surface area (Å²) in [5.41, 5.74) is -0.271. The van der Waals surface area contributed by atoms with Crippen molar-refractivity contribution < 1.29 is 13.2 Å². The molecule has 1 aromatic heterocycles. The minimum Gasteiger partial charge on any atom is -0.338 e. The average molecular weight is 377 g/mol. The highest BCUT2D eigenvalue weighted by Gasteiger charge is 2.33. The highest BCUT2D eigenvalue weighted by atomic mass is 32.2. The van der Waals surface area contributed by atoms with Crippen LogP contribution in [0, 0.1) is 0 Å². The number of aromatic nitrogens is 3. The van der Waals surface area contributed by atoms with E-state index in [1.165, 1.54) is 16.3 Å². The highest BCUT2D eigenvalue weighted by Crippen LogP contribution is 2.20. The van der Waals surface area contributed by atoms with Crippen molar-refractivity contribution in [2.75, 3.05) is 23.8 Å². The van der Waals surface area contributed by atoms with Gasteiger partial charge in [0.05, 0.1) is 17.3 Å². The van der Waals surface area contributed by atoms with Crippen LogP contribution in [0.2, 0.25) is 0 Å². The van der Waals surface area contributed by atoms with Crippen molar-refractivity contribution in [2.45, 2.75) is 50.9 Å². The van der Waals surface area contributed by atoms with Crippen molar-refractivity contribution in [3.63, 3.8) is 0 Å². The highest BCUT2D eigenvalue weighted by molar-refractivity contribution is 7.99. The number of carbonyl (C=O) groups excluding carboxylic acids is 1. The molecule has 0 aliphatic carbocycles. The SMILES string of the molecule is CCCCn1c(SCC(=O)N(CC)[C@H]2CCS(=O)(=O)C2)n[nH]c1=O. The van der Waals surface area contributed by atoms with E-state index in [9.17, 15) is 18.0 Å². The molecule has 1 amide bonds. The second kappa shape index (κ2) is 8.19. The lowest BCUT2D eigenvalue weighted by Gasteiger charge is -2.26. The molecular formula is C14H24N4O4S2. The zero-order chi connectivity index (χ0) is 17.7. The predicted molar refractivity (Wildman–Crippen MR) is 92.9 cm³/mol. The van der Waals surface area contributed by atoms with Gasteiger partial charge in [-0.1, -0.05) is 25.1 Å². The Hall–Kier alpha value is -1.29. The number of H-pyrrole nitrogens is 1. The van der Waals surface area contributed by atoms with Crippen LogP contribution in [-0.4, -0.2) is 63.8 Å². The molecule has 0 aromatic carbocycles. The van der Waals surface area contributed by atoms with Gasteiger partial charge in [0.2, 0.25) is 5.91 Å². The molecule has 1 saturated heterocycles. The largest absolute Gasteiger partial charge is 0.343 e. The summed E-state index contributed by atoms with van der Waals surface area (Å²) in [5, 5.41) is 6.88. The lowest BCUT2D eigenvalue weighted by molar-refractivity contribution is -0.129. The maximum atomic E-state index is 12.5. The zero-order valence-corrected chi connectivity index (χ0v) is 15.7. The van der Waals surface area contributed by atoms with Crippen LogP contribution in [0.4, 0.5) is 0 Å². The number of hydrogen-bond donors (Lipinski definition) is 1. The van der Waals surface area contributed by atoms with Gasteiger partial charge < -0.3 is 4.90 Å². The molecule has 10 heteroatoms. The molecule has 2 rings (SSSR count). The Bertz CT molecular complexity index is 725. The van der Waals surface area contributed by atoms with Gasteiger partial charge >= 0.3 is 5.69 Å². The molecular weight excluding hydrogens is 352 g/mol. The maximum absolute atomic E-state index is 12.5. The molecule has 0 bridgehead atoms. The fourth-order valence-corrected chi connectivity index (χ4v) is 5.38. The van der Waals surface area contributed by atoms with E-state index in [4.69, 9.17) is 0 Å². The van der Waals surface area contributed by atoms with E-state index in [-0.39, 0.29) is 34.9 Å². The van der Waals surface area contributed by atoms with Gasteiger partial charge in [-0.2, -0.15) is 0 Å². The molecule has 0 saturated carbocycles. The van der Waals surface area contributed by atoms with Gasteiger partial charge in [0, 0.05) is 19.1 Å². The quantitative estimate of drug-likeness (QED) is 0.663. The maximum Gasteiger partial charge on any atom is 0.343 e. The second-order valence-corrected chi connectivity index (χ2v) is 9.01.